The van der Waals surface area contributed by atoms with Crippen molar-refractivity contribution in [2.75, 3.05) is 47.3 Å². The molecule has 4 atom stereocenters. The number of amides is 1. The van der Waals surface area contributed by atoms with Crippen molar-refractivity contribution in [1.29, 1.82) is 0 Å². The molecule has 0 saturated carbocycles. The number of phenols is 1. The van der Waals surface area contributed by atoms with E-state index in [9.17, 15) is 14.7 Å². The quantitative estimate of drug-likeness (QED) is 0.561. The SMILES string of the molecule is COc1cc([C@@H]2c3cc4c(cc3[C@@H](OCCN3CCCC3=O)[C@H]3COC(=O)[C@H]23)OCO4)cc(OC)c1O. The molecule has 3 aliphatic heterocycles. The summed E-state index contributed by atoms with van der Waals surface area (Å²) in [5.41, 5.74) is 2.47. The Bertz CT molecular complexity index is 1220. The number of hydrogen-bond donors (Lipinski definition) is 1. The summed E-state index contributed by atoms with van der Waals surface area (Å²) >= 11 is 0. The van der Waals surface area contributed by atoms with Crippen LogP contribution in [-0.4, -0.2) is 69.2 Å². The van der Waals surface area contributed by atoms with Crippen LogP contribution in [0.25, 0.3) is 0 Å². The van der Waals surface area contributed by atoms with Crippen LogP contribution in [0, 0.1) is 11.8 Å². The van der Waals surface area contributed by atoms with Crippen LogP contribution in [0.4, 0.5) is 0 Å². The Morgan fingerprint density at radius 1 is 1.00 bits per heavy atom. The molecule has 4 aliphatic rings. The predicted octanol–water partition coefficient (Wildman–Crippen LogP) is 2.75. The zero-order valence-electron chi connectivity index (χ0n) is 20.7. The number of carbonyl (C=O) groups excluding carboxylic acids is 2. The first-order valence-electron chi connectivity index (χ1n) is 12.4. The highest BCUT2D eigenvalue weighted by Gasteiger charge is 2.53. The minimum Gasteiger partial charge on any atom is -0.502 e. The molecule has 2 aromatic carbocycles. The van der Waals surface area contributed by atoms with E-state index in [1.54, 1.807) is 12.1 Å². The number of aromatic hydroxyl groups is 1. The fourth-order valence-corrected chi connectivity index (χ4v) is 6.05. The summed E-state index contributed by atoms with van der Waals surface area (Å²) in [5.74, 6) is 0.193. The molecule has 2 fully saturated rings. The van der Waals surface area contributed by atoms with Gasteiger partial charge in [-0.1, -0.05) is 0 Å². The maximum atomic E-state index is 13.2. The summed E-state index contributed by atoms with van der Waals surface area (Å²) in [5, 5.41) is 10.5. The number of methoxy groups -OCH3 is 2. The Hall–Kier alpha value is -3.66. The lowest BCUT2D eigenvalue weighted by Crippen LogP contribution is -2.37. The van der Waals surface area contributed by atoms with Crippen LogP contribution in [-0.2, 0) is 19.1 Å². The van der Waals surface area contributed by atoms with Crippen molar-refractivity contribution in [3.8, 4) is 28.7 Å². The number of phenolic OH excluding ortho intramolecular Hbond substituents is 1. The summed E-state index contributed by atoms with van der Waals surface area (Å²) in [6.07, 6.45) is 1.00. The van der Waals surface area contributed by atoms with Crippen molar-refractivity contribution >= 4 is 11.9 Å². The molecule has 2 aromatic rings. The third kappa shape index (κ3) is 3.90. The van der Waals surface area contributed by atoms with Crippen LogP contribution in [0.2, 0.25) is 0 Å². The molecule has 0 spiro atoms. The molecule has 1 amide bonds. The highest BCUT2D eigenvalue weighted by molar-refractivity contribution is 5.79. The summed E-state index contributed by atoms with van der Waals surface area (Å²) < 4.78 is 34.2. The van der Waals surface area contributed by atoms with E-state index >= 15 is 0 Å². The van der Waals surface area contributed by atoms with Gasteiger partial charge in [0.2, 0.25) is 18.4 Å². The van der Waals surface area contributed by atoms with Crippen LogP contribution in [0.3, 0.4) is 0 Å². The number of esters is 1. The van der Waals surface area contributed by atoms with Gasteiger partial charge in [-0.05, 0) is 47.4 Å². The largest absolute Gasteiger partial charge is 0.502 e. The van der Waals surface area contributed by atoms with Crippen molar-refractivity contribution in [3.63, 3.8) is 0 Å². The minimum atomic E-state index is -0.537. The lowest BCUT2D eigenvalue weighted by atomic mass is 9.66. The molecule has 1 aliphatic carbocycles. The first-order valence-corrected chi connectivity index (χ1v) is 12.4. The topological polar surface area (TPSA) is 113 Å². The molecule has 10 nitrogen and oxygen atoms in total. The van der Waals surface area contributed by atoms with Gasteiger partial charge < -0.3 is 38.4 Å². The van der Waals surface area contributed by atoms with E-state index in [1.807, 2.05) is 17.0 Å². The van der Waals surface area contributed by atoms with Gasteiger partial charge in [-0.3, -0.25) is 9.59 Å². The fourth-order valence-electron chi connectivity index (χ4n) is 6.05. The zero-order chi connectivity index (χ0) is 25.7. The number of rotatable bonds is 7. The second kappa shape index (κ2) is 9.33. The monoisotopic (exact) mass is 511 g/mol. The van der Waals surface area contributed by atoms with Crippen molar-refractivity contribution < 1.29 is 43.1 Å². The molecule has 196 valence electrons. The normalized spacial score (nSPS) is 25.6. The summed E-state index contributed by atoms with van der Waals surface area (Å²) in [6.45, 7) is 1.90. The highest BCUT2D eigenvalue weighted by atomic mass is 16.7. The van der Waals surface area contributed by atoms with Crippen molar-refractivity contribution in [1.82, 2.24) is 4.90 Å². The van der Waals surface area contributed by atoms with Crippen LogP contribution >= 0.6 is 0 Å². The molecule has 1 N–H and O–H groups in total. The van der Waals surface area contributed by atoms with E-state index in [1.165, 1.54) is 14.2 Å². The molecule has 10 heteroatoms. The van der Waals surface area contributed by atoms with Gasteiger partial charge in [0.1, 0.15) is 0 Å². The zero-order valence-corrected chi connectivity index (χ0v) is 20.7. The molecule has 37 heavy (non-hydrogen) atoms. The van der Waals surface area contributed by atoms with E-state index in [2.05, 4.69) is 0 Å². The number of hydrogen-bond acceptors (Lipinski definition) is 9. The van der Waals surface area contributed by atoms with E-state index < -0.39 is 17.9 Å². The van der Waals surface area contributed by atoms with Gasteiger partial charge in [0.05, 0.1) is 39.5 Å². The number of nitrogens with zero attached hydrogens (tertiary/aromatic N) is 1. The van der Waals surface area contributed by atoms with E-state index in [0.717, 1.165) is 29.7 Å². The standard InChI is InChI=1S/C27H29NO9/c1-32-20-8-14(9-21(33-2)25(20)30)23-15-10-18-19(37-13-36-18)11-16(15)26(17-12-35-27(31)24(17)23)34-7-6-28-5-3-4-22(28)29/h8-11,17,23-24,26,30H,3-7,12-13H2,1-2H3/t17-,23+,24-,26+/m0/s1. The molecular formula is C27H29NO9. The van der Waals surface area contributed by atoms with Gasteiger partial charge in [0, 0.05) is 31.3 Å². The summed E-state index contributed by atoms with van der Waals surface area (Å²) in [7, 11) is 2.93. The molecule has 2 saturated heterocycles. The van der Waals surface area contributed by atoms with Gasteiger partial charge in [-0.2, -0.15) is 0 Å². The molecule has 0 unspecified atom stereocenters. The number of benzene rings is 2. The Balaban J connectivity index is 1.43. The van der Waals surface area contributed by atoms with Gasteiger partial charge in [-0.15, -0.1) is 0 Å². The number of ether oxygens (including phenoxy) is 6. The average molecular weight is 512 g/mol. The van der Waals surface area contributed by atoms with Gasteiger partial charge in [-0.25, -0.2) is 0 Å². The molecular weight excluding hydrogens is 482 g/mol. The maximum absolute atomic E-state index is 13.2. The Labute approximate surface area is 213 Å². The first-order chi connectivity index (χ1) is 18.0. The van der Waals surface area contributed by atoms with Crippen molar-refractivity contribution in [3.05, 3.63) is 41.0 Å². The van der Waals surface area contributed by atoms with Crippen LogP contribution < -0.4 is 18.9 Å². The summed E-state index contributed by atoms with van der Waals surface area (Å²) in [4.78, 5) is 27.1. The molecule has 0 radical (unpaired) electrons. The predicted molar refractivity (Wildman–Crippen MR) is 128 cm³/mol. The second-order valence-electron chi connectivity index (χ2n) is 9.68. The highest BCUT2D eigenvalue weighted by Crippen LogP contribution is 2.56. The maximum Gasteiger partial charge on any atom is 0.310 e. The molecule has 0 bridgehead atoms. The van der Waals surface area contributed by atoms with Crippen LogP contribution in [0.5, 0.6) is 28.7 Å². The van der Waals surface area contributed by atoms with E-state index in [4.69, 9.17) is 28.4 Å². The lowest BCUT2D eigenvalue weighted by Gasteiger charge is -2.39. The summed E-state index contributed by atoms with van der Waals surface area (Å²) in [6, 6.07) is 7.26. The number of cyclic esters (lactones) is 1. The fraction of sp³-hybridized carbons (Fsp3) is 0.481. The Morgan fingerprint density at radius 3 is 2.35 bits per heavy atom. The van der Waals surface area contributed by atoms with Gasteiger partial charge in [0.15, 0.2) is 23.0 Å². The third-order valence-corrected chi connectivity index (χ3v) is 7.81. The Kier molecular flexibility index (Phi) is 5.98. The first kappa shape index (κ1) is 23.7. The van der Waals surface area contributed by atoms with Gasteiger partial charge in [0.25, 0.3) is 0 Å². The third-order valence-electron chi connectivity index (χ3n) is 7.81. The molecule has 3 heterocycles. The van der Waals surface area contributed by atoms with Crippen LogP contribution in [0.1, 0.15) is 41.6 Å². The van der Waals surface area contributed by atoms with Crippen LogP contribution in [0.15, 0.2) is 24.3 Å². The molecule has 6 rings (SSSR count). The number of fused-ring (bicyclic) bond motifs is 3. The molecule has 0 aromatic heterocycles. The minimum absolute atomic E-state index is 0.112. The Morgan fingerprint density at radius 2 is 1.70 bits per heavy atom. The van der Waals surface area contributed by atoms with Gasteiger partial charge >= 0.3 is 5.97 Å². The second-order valence-corrected chi connectivity index (χ2v) is 9.68. The average Bonchev–Trinajstić information content (AvgIpc) is 3.63. The van der Waals surface area contributed by atoms with Crippen molar-refractivity contribution in [2.24, 2.45) is 11.8 Å². The van der Waals surface area contributed by atoms with E-state index in [-0.39, 0.29) is 48.4 Å². The smallest absolute Gasteiger partial charge is 0.310 e. The lowest BCUT2D eigenvalue weighted by molar-refractivity contribution is -0.141. The van der Waals surface area contributed by atoms with E-state index in [0.29, 0.717) is 31.1 Å². The van der Waals surface area contributed by atoms with Crippen molar-refractivity contribution in [2.45, 2.75) is 24.9 Å². The number of likely N-dealkylation sites (tertiary alicyclic amines) is 1. The number of carbonyl (C=O) groups is 2.